The van der Waals surface area contributed by atoms with Crippen LogP contribution < -0.4 is 5.73 Å². The van der Waals surface area contributed by atoms with Gasteiger partial charge < -0.3 is 10.5 Å². The first-order valence-corrected chi connectivity index (χ1v) is 7.44. The van der Waals surface area contributed by atoms with Crippen LogP contribution in [0.4, 0.5) is 8.78 Å². The average Bonchev–Trinajstić information content (AvgIpc) is 2.89. The van der Waals surface area contributed by atoms with Crippen LogP contribution in [-0.2, 0) is 4.74 Å². The highest BCUT2D eigenvalue weighted by atomic mass is 19.2. The lowest BCUT2D eigenvalue weighted by atomic mass is 9.79. The smallest absolute Gasteiger partial charge is 0.159 e. The molecule has 1 aromatic carbocycles. The van der Waals surface area contributed by atoms with Gasteiger partial charge in [-0.15, -0.1) is 0 Å². The Bertz CT molecular complexity index is 485. The molecule has 0 bridgehead atoms. The van der Waals surface area contributed by atoms with Crippen molar-refractivity contribution in [3.05, 3.63) is 35.4 Å². The highest BCUT2D eigenvalue weighted by Crippen LogP contribution is 2.44. The predicted octanol–water partition coefficient (Wildman–Crippen LogP) is 3.70. The molecule has 110 valence electrons. The van der Waals surface area contributed by atoms with E-state index in [-0.39, 0.29) is 17.6 Å². The molecule has 0 amide bonds. The van der Waals surface area contributed by atoms with E-state index < -0.39 is 11.6 Å². The third-order valence-corrected chi connectivity index (χ3v) is 4.88. The first-order chi connectivity index (χ1) is 9.60. The van der Waals surface area contributed by atoms with E-state index >= 15 is 0 Å². The summed E-state index contributed by atoms with van der Waals surface area (Å²) in [5.74, 6) is -1.35. The lowest BCUT2D eigenvalue weighted by Crippen LogP contribution is -2.40. The van der Waals surface area contributed by atoms with Crippen LogP contribution in [0.1, 0.15) is 50.1 Å². The third-order valence-electron chi connectivity index (χ3n) is 4.88. The standard InChI is InChI=1S/C16H21F2NO/c17-13-4-3-11(9-14(13)18)15(19)12-5-8-20-16(10-12)6-1-2-7-16/h3-4,9,12,15H,1-2,5-8,10,19H2. The fourth-order valence-corrected chi connectivity index (χ4v) is 3.73. The number of benzene rings is 1. The molecule has 3 rings (SSSR count). The van der Waals surface area contributed by atoms with Crippen molar-refractivity contribution in [3.63, 3.8) is 0 Å². The highest BCUT2D eigenvalue weighted by Gasteiger charge is 2.41. The quantitative estimate of drug-likeness (QED) is 0.897. The summed E-state index contributed by atoms with van der Waals surface area (Å²) in [6.45, 7) is 0.724. The largest absolute Gasteiger partial charge is 0.375 e. The average molecular weight is 281 g/mol. The SMILES string of the molecule is NC(c1ccc(F)c(F)c1)C1CCOC2(CCCC2)C1. The topological polar surface area (TPSA) is 35.2 Å². The van der Waals surface area contributed by atoms with Gasteiger partial charge in [0, 0.05) is 12.6 Å². The summed E-state index contributed by atoms with van der Waals surface area (Å²) in [5.41, 5.74) is 6.98. The van der Waals surface area contributed by atoms with Gasteiger partial charge in [0.05, 0.1) is 5.60 Å². The Morgan fingerprint density at radius 2 is 1.95 bits per heavy atom. The molecule has 2 fully saturated rings. The lowest BCUT2D eigenvalue weighted by Gasteiger charge is -2.40. The van der Waals surface area contributed by atoms with E-state index in [2.05, 4.69) is 0 Å². The molecule has 2 unspecified atom stereocenters. The second-order valence-electron chi connectivity index (χ2n) is 6.19. The summed E-state index contributed by atoms with van der Waals surface area (Å²) in [6.07, 6.45) is 6.47. The van der Waals surface area contributed by atoms with Crippen molar-refractivity contribution in [2.45, 2.75) is 50.2 Å². The van der Waals surface area contributed by atoms with E-state index in [1.807, 2.05) is 0 Å². The summed E-state index contributed by atoms with van der Waals surface area (Å²) in [4.78, 5) is 0. The van der Waals surface area contributed by atoms with E-state index in [1.165, 1.54) is 18.9 Å². The van der Waals surface area contributed by atoms with E-state index in [4.69, 9.17) is 10.5 Å². The summed E-state index contributed by atoms with van der Waals surface area (Å²) in [7, 11) is 0. The minimum Gasteiger partial charge on any atom is -0.375 e. The van der Waals surface area contributed by atoms with Gasteiger partial charge in [-0.2, -0.15) is 0 Å². The molecule has 2 aliphatic rings. The number of ether oxygens (including phenoxy) is 1. The third kappa shape index (κ3) is 2.59. The molecule has 0 aromatic heterocycles. The first kappa shape index (κ1) is 14.0. The molecule has 4 heteroatoms. The summed E-state index contributed by atoms with van der Waals surface area (Å²) in [6, 6.07) is 3.75. The van der Waals surface area contributed by atoms with Gasteiger partial charge in [0.2, 0.25) is 0 Å². The zero-order chi connectivity index (χ0) is 14.2. The van der Waals surface area contributed by atoms with Crippen molar-refractivity contribution in [3.8, 4) is 0 Å². The molecule has 0 radical (unpaired) electrons. The molecule has 1 aliphatic carbocycles. The van der Waals surface area contributed by atoms with Crippen LogP contribution in [0.2, 0.25) is 0 Å². The van der Waals surface area contributed by atoms with Crippen LogP contribution in [0.15, 0.2) is 18.2 Å². The Hall–Kier alpha value is -1.00. The number of hydrogen-bond donors (Lipinski definition) is 1. The van der Waals surface area contributed by atoms with E-state index in [0.717, 1.165) is 38.4 Å². The summed E-state index contributed by atoms with van der Waals surface area (Å²) in [5, 5.41) is 0. The van der Waals surface area contributed by atoms with Gasteiger partial charge in [-0.25, -0.2) is 8.78 Å². The maximum Gasteiger partial charge on any atom is 0.159 e. The molecule has 1 spiro atoms. The zero-order valence-electron chi connectivity index (χ0n) is 11.6. The van der Waals surface area contributed by atoms with Gasteiger partial charge in [0.15, 0.2) is 11.6 Å². The van der Waals surface area contributed by atoms with Crippen LogP contribution in [0.5, 0.6) is 0 Å². The van der Waals surface area contributed by atoms with Crippen molar-refractivity contribution in [2.75, 3.05) is 6.61 Å². The van der Waals surface area contributed by atoms with Crippen molar-refractivity contribution in [1.82, 2.24) is 0 Å². The molecule has 1 aliphatic heterocycles. The Kier molecular flexibility index (Phi) is 3.78. The number of nitrogens with two attached hydrogens (primary N) is 1. The fraction of sp³-hybridized carbons (Fsp3) is 0.625. The van der Waals surface area contributed by atoms with Gasteiger partial charge >= 0.3 is 0 Å². The van der Waals surface area contributed by atoms with Gasteiger partial charge in [-0.1, -0.05) is 18.9 Å². The monoisotopic (exact) mass is 281 g/mol. The number of halogens is 2. The predicted molar refractivity (Wildman–Crippen MR) is 73.2 cm³/mol. The lowest BCUT2D eigenvalue weighted by molar-refractivity contribution is -0.0963. The van der Waals surface area contributed by atoms with Gasteiger partial charge in [0.25, 0.3) is 0 Å². The molecular weight excluding hydrogens is 260 g/mol. The van der Waals surface area contributed by atoms with Crippen molar-refractivity contribution in [1.29, 1.82) is 0 Å². The molecule has 2 nitrogen and oxygen atoms in total. The Morgan fingerprint density at radius 3 is 2.65 bits per heavy atom. The Labute approximate surface area is 118 Å². The zero-order valence-corrected chi connectivity index (χ0v) is 11.6. The maximum absolute atomic E-state index is 13.3. The van der Waals surface area contributed by atoms with E-state index in [9.17, 15) is 8.78 Å². The highest BCUT2D eigenvalue weighted by molar-refractivity contribution is 5.22. The summed E-state index contributed by atoms with van der Waals surface area (Å²) >= 11 is 0. The van der Waals surface area contributed by atoms with Gasteiger partial charge in [-0.3, -0.25) is 0 Å². The molecule has 1 saturated heterocycles. The molecule has 20 heavy (non-hydrogen) atoms. The van der Waals surface area contributed by atoms with E-state index in [1.54, 1.807) is 6.07 Å². The van der Waals surface area contributed by atoms with Crippen molar-refractivity contribution < 1.29 is 13.5 Å². The minimum absolute atomic E-state index is 0.000881. The Balaban J connectivity index is 1.75. The molecule has 1 aromatic rings. The van der Waals surface area contributed by atoms with Crippen molar-refractivity contribution >= 4 is 0 Å². The molecule has 2 N–H and O–H groups in total. The van der Waals surface area contributed by atoms with Crippen LogP contribution in [0.3, 0.4) is 0 Å². The maximum atomic E-state index is 13.3. The molecule has 1 saturated carbocycles. The van der Waals surface area contributed by atoms with Crippen molar-refractivity contribution in [2.24, 2.45) is 11.7 Å². The van der Waals surface area contributed by atoms with E-state index in [0.29, 0.717) is 5.56 Å². The van der Waals surface area contributed by atoms with Crippen LogP contribution in [0, 0.1) is 17.6 Å². The normalized spacial score (nSPS) is 26.9. The second kappa shape index (κ2) is 5.41. The summed E-state index contributed by atoms with van der Waals surface area (Å²) < 4.78 is 32.4. The molecule has 2 atom stereocenters. The fourth-order valence-electron chi connectivity index (χ4n) is 3.73. The van der Waals surface area contributed by atoms with Crippen LogP contribution >= 0.6 is 0 Å². The van der Waals surface area contributed by atoms with Gasteiger partial charge in [0.1, 0.15) is 0 Å². The van der Waals surface area contributed by atoms with Crippen LogP contribution in [0.25, 0.3) is 0 Å². The second-order valence-corrected chi connectivity index (χ2v) is 6.19. The molecular formula is C16H21F2NO. The Morgan fingerprint density at radius 1 is 1.20 bits per heavy atom. The molecule has 1 heterocycles. The number of hydrogen-bond acceptors (Lipinski definition) is 2. The number of rotatable bonds is 2. The minimum atomic E-state index is -0.819. The van der Waals surface area contributed by atoms with Crippen LogP contribution in [-0.4, -0.2) is 12.2 Å². The first-order valence-electron chi connectivity index (χ1n) is 7.44. The van der Waals surface area contributed by atoms with Gasteiger partial charge in [-0.05, 0) is 49.3 Å².